The molecule has 0 aliphatic heterocycles. The Morgan fingerprint density at radius 3 is 3.08 bits per heavy atom. The molecule has 62 valence electrons. The third-order valence-electron chi connectivity index (χ3n) is 1.57. The second-order valence-electron chi connectivity index (χ2n) is 2.58. The van der Waals surface area contributed by atoms with Crippen LogP contribution in [0.2, 0.25) is 0 Å². The van der Waals surface area contributed by atoms with Crippen molar-refractivity contribution < 1.29 is 0 Å². The number of imidazole rings is 1. The van der Waals surface area contributed by atoms with Gasteiger partial charge in [0.15, 0.2) is 0 Å². The fourth-order valence-corrected chi connectivity index (χ4v) is 1.84. The Balaban J connectivity index is 2.14. The third kappa shape index (κ3) is 1.53. The van der Waals surface area contributed by atoms with Crippen molar-refractivity contribution in [2.45, 2.75) is 13.5 Å². The van der Waals surface area contributed by atoms with Gasteiger partial charge in [0, 0.05) is 23.5 Å². The maximum Gasteiger partial charge on any atom is 0.0949 e. The van der Waals surface area contributed by atoms with Crippen molar-refractivity contribution in [2.24, 2.45) is 0 Å². The molecule has 0 unspecified atom stereocenters. The van der Waals surface area contributed by atoms with E-state index in [1.807, 2.05) is 30.2 Å². The van der Waals surface area contributed by atoms with Gasteiger partial charge in [0.05, 0.1) is 17.9 Å². The average molecular weight is 179 g/mol. The van der Waals surface area contributed by atoms with Gasteiger partial charge < -0.3 is 4.57 Å². The molecule has 2 aromatic heterocycles. The van der Waals surface area contributed by atoms with E-state index in [2.05, 4.69) is 9.97 Å². The van der Waals surface area contributed by atoms with Gasteiger partial charge >= 0.3 is 0 Å². The molecule has 0 bridgehead atoms. The largest absolute Gasteiger partial charge is 0.332 e. The molecule has 0 saturated heterocycles. The first kappa shape index (κ1) is 7.49. The number of rotatable bonds is 2. The smallest absolute Gasteiger partial charge is 0.0949 e. The minimum Gasteiger partial charge on any atom is -0.332 e. The summed E-state index contributed by atoms with van der Waals surface area (Å²) in [5, 5.41) is 1.12. The van der Waals surface area contributed by atoms with Gasteiger partial charge in [-0.2, -0.15) is 0 Å². The molecule has 0 N–H and O–H groups in total. The van der Waals surface area contributed by atoms with Crippen LogP contribution in [0.3, 0.4) is 0 Å². The van der Waals surface area contributed by atoms with Crippen LogP contribution in [0.1, 0.15) is 9.88 Å². The van der Waals surface area contributed by atoms with Crippen LogP contribution in [-0.2, 0) is 6.54 Å². The van der Waals surface area contributed by atoms with E-state index in [1.54, 1.807) is 17.5 Å². The fraction of sp³-hybridized carbons (Fsp3) is 0.250. The zero-order valence-corrected chi connectivity index (χ0v) is 7.58. The molecule has 2 rings (SSSR count). The molecule has 2 aromatic rings. The minimum absolute atomic E-state index is 0.880. The van der Waals surface area contributed by atoms with Gasteiger partial charge in [-0.1, -0.05) is 0 Å². The van der Waals surface area contributed by atoms with Gasteiger partial charge in [0.25, 0.3) is 0 Å². The van der Waals surface area contributed by atoms with Gasteiger partial charge in [0.1, 0.15) is 0 Å². The molecule has 0 aliphatic rings. The summed E-state index contributed by atoms with van der Waals surface area (Å²) in [6, 6.07) is 0. The molecule has 0 atom stereocenters. The fourth-order valence-electron chi connectivity index (χ4n) is 1.04. The summed E-state index contributed by atoms with van der Waals surface area (Å²) in [5.41, 5.74) is 0. The zero-order chi connectivity index (χ0) is 8.39. The predicted octanol–water partition coefficient (Wildman–Crippen LogP) is 1.70. The Kier molecular flexibility index (Phi) is 1.91. The Morgan fingerprint density at radius 1 is 1.58 bits per heavy atom. The number of nitrogens with zero attached hydrogens (tertiary/aromatic N) is 3. The van der Waals surface area contributed by atoms with Crippen molar-refractivity contribution >= 4 is 11.3 Å². The van der Waals surface area contributed by atoms with Crippen molar-refractivity contribution in [3.05, 3.63) is 34.8 Å². The van der Waals surface area contributed by atoms with Crippen LogP contribution >= 0.6 is 11.3 Å². The van der Waals surface area contributed by atoms with Crippen molar-refractivity contribution in [1.29, 1.82) is 0 Å². The lowest BCUT2D eigenvalue weighted by atomic mass is 10.5. The number of hydrogen-bond acceptors (Lipinski definition) is 3. The van der Waals surface area contributed by atoms with E-state index >= 15 is 0 Å². The zero-order valence-electron chi connectivity index (χ0n) is 6.77. The molecule has 4 heteroatoms. The normalized spacial score (nSPS) is 10.4. The van der Waals surface area contributed by atoms with E-state index in [4.69, 9.17) is 0 Å². The SMILES string of the molecule is Cc1ncc(Cn2ccnc2)s1. The highest BCUT2D eigenvalue weighted by Gasteiger charge is 1.97. The second-order valence-corrected chi connectivity index (χ2v) is 3.90. The lowest BCUT2D eigenvalue weighted by Crippen LogP contribution is -1.92. The minimum atomic E-state index is 0.880. The van der Waals surface area contributed by atoms with Crippen molar-refractivity contribution in [3.8, 4) is 0 Å². The van der Waals surface area contributed by atoms with E-state index < -0.39 is 0 Å². The van der Waals surface area contributed by atoms with Gasteiger partial charge in [-0.15, -0.1) is 11.3 Å². The molecule has 0 saturated carbocycles. The van der Waals surface area contributed by atoms with Gasteiger partial charge in [-0.3, -0.25) is 0 Å². The van der Waals surface area contributed by atoms with E-state index in [0.717, 1.165) is 11.6 Å². The summed E-state index contributed by atoms with van der Waals surface area (Å²) in [7, 11) is 0. The first-order valence-electron chi connectivity index (χ1n) is 3.71. The van der Waals surface area contributed by atoms with Gasteiger partial charge in [0.2, 0.25) is 0 Å². The maximum atomic E-state index is 4.18. The summed E-state index contributed by atoms with van der Waals surface area (Å²) >= 11 is 1.73. The molecule has 3 nitrogen and oxygen atoms in total. The molecule has 0 spiro atoms. The van der Waals surface area contributed by atoms with Crippen LogP contribution in [0.25, 0.3) is 0 Å². The second kappa shape index (κ2) is 3.06. The standard InChI is InChI=1S/C8H9N3S/c1-7-10-4-8(12-7)5-11-3-2-9-6-11/h2-4,6H,5H2,1H3. The van der Waals surface area contributed by atoms with Crippen LogP contribution in [0.15, 0.2) is 24.9 Å². The van der Waals surface area contributed by atoms with Crippen LogP contribution < -0.4 is 0 Å². The summed E-state index contributed by atoms with van der Waals surface area (Å²) in [6.07, 6.45) is 7.47. The molecule has 0 amide bonds. The van der Waals surface area contributed by atoms with Gasteiger partial charge in [-0.25, -0.2) is 9.97 Å². The summed E-state index contributed by atoms with van der Waals surface area (Å²) in [4.78, 5) is 9.42. The molecular weight excluding hydrogens is 170 g/mol. The highest BCUT2D eigenvalue weighted by Crippen LogP contribution is 2.12. The molecule has 0 aromatic carbocycles. The Hall–Kier alpha value is -1.16. The van der Waals surface area contributed by atoms with Gasteiger partial charge in [-0.05, 0) is 6.92 Å². The number of aromatic nitrogens is 3. The molecule has 0 fully saturated rings. The topological polar surface area (TPSA) is 30.7 Å². The molecule has 0 aliphatic carbocycles. The summed E-state index contributed by atoms with van der Waals surface area (Å²) < 4.78 is 2.03. The molecule has 2 heterocycles. The van der Waals surface area contributed by atoms with Crippen molar-refractivity contribution in [1.82, 2.24) is 14.5 Å². The first-order chi connectivity index (χ1) is 5.84. The molecule has 0 radical (unpaired) electrons. The monoisotopic (exact) mass is 179 g/mol. The Bertz CT molecular complexity index is 350. The van der Waals surface area contributed by atoms with Crippen LogP contribution in [-0.4, -0.2) is 14.5 Å². The van der Waals surface area contributed by atoms with Crippen LogP contribution in [0, 0.1) is 6.92 Å². The number of thiazole rings is 1. The maximum absolute atomic E-state index is 4.18. The molecular formula is C8H9N3S. The summed E-state index contributed by atoms with van der Waals surface area (Å²) in [6.45, 7) is 2.90. The molecule has 12 heavy (non-hydrogen) atoms. The number of hydrogen-bond donors (Lipinski definition) is 0. The Labute approximate surface area is 74.7 Å². The number of aryl methyl sites for hydroxylation is 1. The van der Waals surface area contributed by atoms with Crippen molar-refractivity contribution in [2.75, 3.05) is 0 Å². The van der Waals surface area contributed by atoms with E-state index in [9.17, 15) is 0 Å². The van der Waals surface area contributed by atoms with Crippen LogP contribution in [0.5, 0.6) is 0 Å². The van der Waals surface area contributed by atoms with E-state index in [-0.39, 0.29) is 0 Å². The van der Waals surface area contributed by atoms with Crippen molar-refractivity contribution in [3.63, 3.8) is 0 Å². The van der Waals surface area contributed by atoms with E-state index in [1.165, 1.54) is 4.88 Å². The first-order valence-corrected chi connectivity index (χ1v) is 4.53. The predicted molar refractivity (Wildman–Crippen MR) is 48.2 cm³/mol. The Morgan fingerprint density at radius 2 is 2.50 bits per heavy atom. The summed E-state index contributed by atoms with van der Waals surface area (Å²) in [5.74, 6) is 0. The lowest BCUT2D eigenvalue weighted by molar-refractivity contribution is 0.808. The lowest BCUT2D eigenvalue weighted by Gasteiger charge is -1.95. The van der Waals surface area contributed by atoms with E-state index in [0.29, 0.717) is 0 Å². The highest BCUT2D eigenvalue weighted by molar-refractivity contribution is 7.11. The van der Waals surface area contributed by atoms with Crippen LogP contribution in [0.4, 0.5) is 0 Å². The third-order valence-corrected chi connectivity index (χ3v) is 2.46. The average Bonchev–Trinajstić information content (AvgIpc) is 2.63. The highest BCUT2D eigenvalue weighted by atomic mass is 32.1. The quantitative estimate of drug-likeness (QED) is 0.702.